The Morgan fingerprint density at radius 3 is 2.62 bits per heavy atom. The molecule has 0 aliphatic carbocycles. The van der Waals surface area contributed by atoms with E-state index >= 15 is 0 Å². The third-order valence-electron chi connectivity index (χ3n) is 4.28. The summed E-state index contributed by atoms with van der Waals surface area (Å²) in [6.07, 6.45) is -1.76. The summed E-state index contributed by atoms with van der Waals surface area (Å²) >= 11 is 0. The van der Waals surface area contributed by atoms with E-state index in [-0.39, 0.29) is 11.7 Å². The van der Waals surface area contributed by atoms with Gasteiger partial charge in [0.1, 0.15) is 0 Å². The standard InChI is InChI=1S/C16H20F3N3O2/c17-16(18,19)11-3-4-14(22-6-1-2-7-22)13(9-11)21-15(23)20-12-5-8-24-10-12/h3-4,9,12H,1-2,5-8,10H2,(H2,20,21,23)/t12-/m1/s1. The molecule has 0 unspecified atom stereocenters. The number of nitrogens with zero attached hydrogens (tertiary/aromatic N) is 1. The zero-order valence-electron chi connectivity index (χ0n) is 13.2. The monoisotopic (exact) mass is 343 g/mol. The van der Waals surface area contributed by atoms with Gasteiger partial charge in [-0.1, -0.05) is 0 Å². The molecule has 0 bridgehead atoms. The third-order valence-corrected chi connectivity index (χ3v) is 4.28. The molecule has 0 saturated carbocycles. The van der Waals surface area contributed by atoms with Gasteiger partial charge in [0, 0.05) is 19.7 Å². The molecule has 0 radical (unpaired) electrons. The van der Waals surface area contributed by atoms with Crippen LogP contribution in [-0.4, -0.2) is 38.4 Å². The summed E-state index contributed by atoms with van der Waals surface area (Å²) in [6, 6.07) is 2.87. The number of alkyl halides is 3. The van der Waals surface area contributed by atoms with E-state index in [2.05, 4.69) is 10.6 Å². The minimum atomic E-state index is -4.45. The minimum Gasteiger partial charge on any atom is -0.379 e. The molecule has 2 aliphatic heterocycles. The molecule has 2 saturated heterocycles. The van der Waals surface area contributed by atoms with E-state index in [9.17, 15) is 18.0 Å². The zero-order chi connectivity index (χ0) is 17.2. The fraction of sp³-hybridized carbons (Fsp3) is 0.562. The molecule has 1 aromatic rings. The number of halogens is 3. The Balaban J connectivity index is 1.80. The number of benzene rings is 1. The van der Waals surface area contributed by atoms with Gasteiger partial charge in [-0.2, -0.15) is 13.2 Å². The number of carbonyl (C=O) groups is 1. The number of hydrogen-bond acceptors (Lipinski definition) is 3. The summed E-state index contributed by atoms with van der Waals surface area (Å²) in [4.78, 5) is 14.1. The Morgan fingerprint density at radius 1 is 1.25 bits per heavy atom. The molecule has 2 amide bonds. The summed E-state index contributed by atoms with van der Waals surface area (Å²) in [5, 5.41) is 5.31. The first kappa shape index (κ1) is 16.9. The van der Waals surface area contributed by atoms with Gasteiger partial charge in [0.25, 0.3) is 0 Å². The number of amides is 2. The molecule has 132 valence electrons. The van der Waals surface area contributed by atoms with E-state index in [0.717, 1.165) is 38.1 Å². The van der Waals surface area contributed by atoms with Crippen LogP contribution in [0.3, 0.4) is 0 Å². The van der Waals surface area contributed by atoms with Crippen LogP contribution in [0.4, 0.5) is 29.3 Å². The van der Waals surface area contributed by atoms with Crippen molar-refractivity contribution in [3.8, 4) is 0 Å². The van der Waals surface area contributed by atoms with Gasteiger partial charge in [-0.05, 0) is 37.5 Å². The first-order chi connectivity index (χ1) is 11.4. The van der Waals surface area contributed by atoms with Crippen molar-refractivity contribution in [3.05, 3.63) is 23.8 Å². The van der Waals surface area contributed by atoms with Crippen LogP contribution in [0.1, 0.15) is 24.8 Å². The number of rotatable bonds is 3. The number of nitrogens with one attached hydrogen (secondary N) is 2. The predicted octanol–water partition coefficient (Wildman–Crippen LogP) is 3.22. The zero-order valence-corrected chi connectivity index (χ0v) is 13.2. The van der Waals surface area contributed by atoms with Crippen LogP contribution < -0.4 is 15.5 Å². The summed E-state index contributed by atoms with van der Waals surface area (Å²) in [6.45, 7) is 2.55. The Labute approximate surface area is 138 Å². The normalized spacial score (nSPS) is 21.1. The van der Waals surface area contributed by atoms with Gasteiger partial charge < -0.3 is 20.3 Å². The lowest BCUT2D eigenvalue weighted by Crippen LogP contribution is -2.38. The quantitative estimate of drug-likeness (QED) is 0.886. The van der Waals surface area contributed by atoms with E-state index < -0.39 is 17.8 Å². The minimum absolute atomic E-state index is 0.106. The van der Waals surface area contributed by atoms with Crippen LogP contribution in [0.2, 0.25) is 0 Å². The second-order valence-electron chi connectivity index (χ2n) is 6.08. The smallest absolute Gasteiger partial charge is 0.379 e. The fourth-order valence-corrected chi connectivity index (χ4v) is 3.04. The van der Waals surface area contributed by atoms with E-state index in [1.54, 1.807) is 0 Å². The van der Waals surface area contributed by atoms with Crippen molar-refractivity contribution in [2.45, 2.75) is 31.5 Å². The molecule has 8 heteroatoms. The molecular formula is C16H20F3N3O2. The van der Waals surface area contributed by atoms with Gasteiger partial charge in [-0.3, -0.25) is 0 Å². The lowest BCUT2D eigenvalue weighted by molar-refractivity contribution is -0.137. The summed E-state index contributed by atoms with van der Waals surface area (Å²) in [5.74, 6) is 0. The molecule has 0 aromatic heterocycles. The third kappa shape index (κ3) is 3.92. The molecule has 1 atom stereocenters. The van der Waals surface area contributed by atoms with Crippen molar-refractivity contribution >= 4 is 17.4 Å². The topological polar surface area (TPSA) is 53.6 Å². The van der Waals surface area contributed by atoms with Crippen LogP contribution in [0.25, 0.3) is 0 Å². The molecule has 1 aromatic carbocycles. The van der Waals surface area contributed by atoms with Gasteiger partial charge in [-0.15, -0.1) is 0 Å². The average Bonchev–Trinajstić information content (AvgIpc) is 3.19. The summed E-state index contributed by atoms with van der Waals surface area (Å²) in [7, 11) is 0. The van der Waals surface area contributed by atoms with Crippen molar-refractivity contribution in [2.24, 2.45) is 0 Å². The van der Waals surface area contributed by atoms with Crippen LogP contribution in [0.15, 0.2) is 18.2 Å². The van der Waals surface area contributed by atoms with Gasteiger partial charge in [0.15, 0.2) is 0 Å². The Kier molecular flexibility index (Phi) is 4.84. The van der Waals surface area contributed by atoms with Crippen molar-refractivity contribution in [2.75, 3.05) is 36.5 Å². The molecule has 0 spiro atoms. The highest BCUT2D eigenvalue weighted by molar-refractivity contribution is 5.93. The van der Waals surface area contributed by atoms with Gasteiger partial charge in [-0.25, -0.2) is 4.79 Å². The molecule has 2 N–H and O–H groups in total. The van der Waals surface area contributed by atoms with Gasteiger partial charge in [0.2, 0.25) is 0 Å². The number of anilines is 2. The highest BCUT2D eigenvalue weighted by Gasteiger charge is 2.32. The largest absolute Gasteiger partial charge is 0.416 e. The maximum absolute atomic E-state index is 13.0. The van der Waals surface area contributed by atoms with Crippen molar-refractivity contribution in [1.29, 1.82) is 0 Å². The van der Waals surface area contributed by atoms with Crippen molar-refractivity contribution in [3.63, 3.8) is 0 Å². The molecule has 2 aliphatic rings. The number of urea groups is 1. The highest BCUT2D eigenvalue weighted by Crippen LogP contribution is 2.36. The molecule has 5 nitrogen and oxygen atoms in total. The maximum atomic E-state index is 13.0. The molecule has 3 rings (SSSR count). The molecule has 24 heavy (non-hydrogen) atoms. The molecule has 2 heterocycles. The van der Waals surface area contributed by atoms with Crippen molar-refractivity contribution in [1.82, 2.24) is 5.32 Å². The number of ether oxygens (including phenoxy) is 1. The second-order valence-corrected chi connectivity index (χ2v) is 6.08. The SMILES string of the molecule is O=C(Nc1cc(C(F)(F)F)ccc1N1CCCC1)N[C@@H]1CCOC1. The van der Waals surface area contributed by atoms with E-state index in [1.165, 1.54) is 6.07 Å². The van der Waals surface area contributed by atoms with Crippen molar-refractivity contribution < 1.29 is 22.7 Å². The number of hydrogen-bond donors (Lipinski definition) is 2. The van der Waals surface area contributed by atoms with Crippen LogP contribution >= 0.6 is 0 Å². The van der Waals surface area contributed by atoms with E-state index in [4.69, 9.17) is 4.74 Å². The average molecular weight is 343 g/mol. The van der Waals surface area contributed by atoms with Crippen LogP contribution in [0.5, 0.6) is 0 Å². The first-order valence-electron chi connectivity index (χ1n) is 8.05. The summed E-state index contributed by atoms with van der Waals surface area (Å²) < 4.78 is 44.1. The Morgan fingerprint density at radius 2 is 2.00 bits per heavy atom. The van der Waals surface area contributed by atoms with E-state index in [0.29, 0.717) is 25.3 Å². The lowest BCUT2D eigenvalue weighted by Gasteiger charge is -2.23. The summed E-state index contributed by atoms with van der Waals surface area (Å²) in [5.41, 5.74) is 0.0337. The van der Waals surface area contributed by atoms with E-state index in [1.807, 2.05) is 4.90 Å². The highest BCUT2D eigenvalue weighted by atomic mass is 19.4. The fourth-order valence-electron chi connectivity index (χ4n) is 3.04. The maximum Gasteiger partial charge on any atom is 0.416 e. The number of carbonyl (C=O) groups excluding carboxylic acids is 1. The van der Waals surface area contributed by atoms with Crippen LogP contribution in [0, 0.1) is 0 Å². The van der Waals surface area contributed by atoms with Crippen LogP contribution in [-0.2, 0) is 10.9 Å². The predicted molar refractivity (Wildman–Crippen MR) is 84.3 cm³/mol. The first-order valence-corrected chi connectivity index (χ1v) is 8.05. The Hall–Kier alpha value is -1.96. The molecular weight excluding hydrogens is 323 g/mol. The van der Waals surface area contributed by atoms with Gasteiger partial charge >= 0.3 is 12.2 Å². The molecule has 2 fully saturated rings. The lowest BCUT2D eigenvalue weighted by atomic mass is 10.1. The Bertz CT molecular complexity index is 595. The second kappa shape index (κ2) is 6.88. The van der Waals surface area contributed by atoms with Gasteiger partial charge in [0.05, 0.1) is 29.6 Å².